The van der Waals surface area contributed by atoms with Crippen LogP contribution in [0.1, 0.15) is 39.3 Å². The van der Waals surface area contributed by atoms with Crippen LogP contribution in [0.15, 0.2) is 42.9 Å². The molecule has 0 aliphatic rings. The molecule has 0 saturated carbocycles. The number of aromatic hydroxyl groups is 2. The van der Waals surface area contributed by atoms with Crippen LogP contribution in [0, 0.1) is 12.8 Å². The van der Waals surface area contributed by atoms with E-state index in [0.29, 0.717) is 6.54 Å². The Labute approximate surface area is 163 Å². The monoisotopic (exact) mass is 375 g/mol. The average molecular weight is 376 g/mol. The molecule has 0 saturated heterocycles. The van der Waals surface area contributed by atoms with Crippen molar-refractivity contribution in [2.75, 3.05) is 13.6 Å². The minimum Gasteiger partial charge on any atom is -0.506 e. The maximum absolute atomic E-state index is 9.37. The molecule has 0 unspecified atom stereocenters. The third kappa shape index (κ3) is 19.3. The van der Waals surface area contributed by atoms with Gasteiger partial charge in [-0.2, -0.15) is 0 Å². The van der Waals surface area contributed by atoms with Gasteiger partial charge in [-0.05, 0) is 37.9 Å². The van der Waals surface area contributed by atoms with Crippen LogP contribution >= 0.6 is 0 Å². The van der Waals surface area contributed by atoms with E-state index in [1.54, 1.807) is 36.7 Å². The molecule has 0 aromatic carbocycles. The highest BCUT2D eigenvalue weighted by molar-refractivity contribution is 5.24. The van der Waals surface area contributed by atoms with Crippen molar-refractivity contribution < 1.29 is 15.0 Å². The minimum atomic E-state index is 0.211. The number of pyridine rings is 2. The van der Waals surface area contributed by atoms with Gasteiger partial charge in [-0.1, -0.05) is 33.6 Å². The summed E-state index contributed by atoms with van der Waals surface area (Å²) in [6.45, 7) is 10.1. The maximum atomic E-state index is 9.37. The summed E-state index contributed by atoms with van der Waals surface area (Å²) in [5.41, 5.74) is 0.738. The fraction of sp³-hybridized carbons (Fsp3) is 0.381. The van der Waals surface area contributed by atoms with E-state index in [0.717, 1.165) is 12.2 Å². The van der Waals surface area contributed by atoms with Crippen molar-refractivity contribution >= 4 is 6.79 Å². The third-order valence-corrected chi connectivity index (χ3v) is 2.97. The van der Waals surface area contributed by atoms with Gasteiger partial charge in [0, 0.05) is 18.9 Å². The first-order valence-corrected chi connectivity index (χ1v) is 8.57. The van der Waals surface area contributed by atoms with Crippen LogP contribution in [0.3, 0.4) is 0 Å². The molecule has 0 aliphatic heterocycles. The normalized spacial score (nSPS) is 8.26. The van der Waals surface area contributed by atoms with Crippen molar-refractivity contribution in [3.63, 3.8) is 0 Å². The molecule has 2 N–H and O–H groups in total. The molecule has 2 heterocycles. The van der Waals surface area contributed by atoms with E-state index in [1.165, 1.54) is 19.0 Å². The van der Waals surface area contributed by atoms with Gasteiger partial charge in [0.2, 0.25) is 0 Å². The van der Waals surface area contributed by atoms with Crippen molar-refractivity contribution in [3.8, 4) is 24.3 Å². The SMILES string of the molecule is C#C.C=O.CCCC.CCN(C)Cc1ncccc1O.Oc1cccnc1. The number of aromatic nitrogens is 2. The number of terminal acetylenes is 1. The van der Waals surface area contributed by atoms with Gasteiger partial charge in [0.05, 0.1) is 11.9 Å². The largest absolute Gasteiger partial charge is 0.506 e. The van der Waals surface area contributed by atoms with Crippen LogP contribution in [-0.2, 0) is 11.3 Å². The van der Waals surface area contributed by atoms with E-state index in [-0.39, 0.29) is 11.5 Å². The molecule has 150 valence electrons. The predicted molar refractivity (Wildman–Crippen MR) is 111 cm³/mol. The molecule has 27 heavy (non-hydrogen) atoms. The third-order valence-electron chi connectivity index (χ3n) is 2.97. The lowest BCUT2D eigenvalue weighted by Crippen LogP contribution is -2.17. The van der Waals surface area contributed by atoms with E-state index in [9.17, 15) is 5.11 Å². The van der Waals surface area contributed by atoms with Crippen molar-refractivity contribution in [1.29, 1.82) is 0 Å². The highest BCUT2D eigenvalue weighted by Crippen LogP contribution is 2.13. The van der Waals surface area contributed by atoms with Gasteiger partial charge in [0.15, 0.2) is 0 Å². The first-order valence-electron chi connectivity index (χ1n) is 8.57. The summed E-state index contributed by atoms with van der Waals surface area (Å²) in [6, 6.07) is 6.64. The Morgan fingerprint density at radius 1 is 1.04 bits per heavy atom. The van der Waals surface area contributed by atoms with Crippen LogP contribution in [0.2, 0.25) is 0 Å². The van der Waals surface area contributed by atoms with Gasteiger partial charge in [-0.15, -0.1) is 12.8 Å². The van der Waals surface area contributed by atoms with E-state index in [1.807, 2.05) is 13.8 Å². The molecule has 0 radical (unpaired) electrons. The van der Waals surface area contributed by atoms with E-state index >= 15 is 0 Å². The Morgan fingerprint density at radius 2 is 1.59 bits per heavy atom. The highest BCUT2D eigenvalue weighted by Gasteiger charge is 2.02. The average Bonchev–Trinajstić information content (AvgIpc) is 2.74. The van der Waals surface area contributed by atoms with Gasteiger partial charge >= 0.3 is 0 Å². The number of hydrogen-bond acceptors (Lipinski definition) is 6. The molecule has 0 atom stereocenters. The summed E-state index contributed by atoms with van der Waals surface area (Å²) >= 11 is 0. The van der Waals surface area contributed by atoms with Crippen molar-refractivity contribution in [2.45, 2.75) is 40.2 Å². The molecule has 6 nitrogen and oxygen atoms in total. The quantitative estimate of drug-likeness (QED) is 0.788. The van der Waals surface area contributed by atoms with Gasteiger partial charge in [0.1, 0.15) is 18.3 Å². The molecule has 0 amide bonds. The van der Waals surface area contributed by atoms with Crippen LogP contribution in [0.25, 0.3) is 0 Å². The Bertz CT molecular complexity index is 561. The van der Waals surface area contributed by atoms with E-state index in [4.69, 9.17) is 9.90 Å². The molecule has 2 rings (SSSR count). The summed E-state index contributed by atoms with van der Waals surface area (Å²) in [6.07, 6.45) is 15.3. The number of carbonyl (C=O) groups excluding carboxylic acids is 1. The molecular formula is C21H33N3O3. The molecule has 0 bridgehead atoms. The summed E-state index contributed by atoms with van der Waals surface area (Å²) in [7, 11) is 1.99. The second-order valence-corrected chi connectivity index (χ2v) is 5.01. The Kier molecular flexibility index (Phi) is 24.7. The first kappa shape index (κ1) is 28.9. The number of hydrogen-bond donors (Lipinski definition) is 2. The number of carbonyl (C=O) groups is 1. The zero-order valence-electron chi connectivity index (χ0n) is 16.9. The summed E-state index contributed by atoms with van der Waals surface area (Å²) < 4.78 is 0. The topological polar surface area (TPSA) is 86.6 Å². The Hall–Kier alpha value is -2.91. The van der Waals surface area contributed by atoms with Crippen molar-refractivity contribution in [1.82, 2.24) is 14.9 Å². The van der Waals surface area contributed by atoms with Gasteiger partial charge in [-0.25, -0.2) is 0 Å². The van der Waals surface area contributed by atoms with Crippen molar-refractivity contribution in [3.05, 3.63) is 48.5 Å². The fourth-order valence-corrected chi connectivity index (χ4v) is 1.27. The zero-order valence-corrected chi connectivity index (χ0v) is 16.9. The molecule has 6 heteroatoms. The van der Waals surface area contributed by atoms with Crippen LogP contribution in [0.4, 0.5) is 0 Å². The van der Waals surface area contributed by atoms with Gasteiger partial charge in [-0.3, -0.25) is 9.97 Å². The van der Waals surface area contributed by atoms with Crippen LogP contribution < -0.4 is 0 Å². The Morgan fingerprint density at radius 3 is 1.93 bits per heavy atom. The lowest BCUT2D eigenvalue weighted by molar-refractivity contribution is -0.0979. The van der Waals surface area contributed by atoms with Crippen LogP contribution in [0.5, 0.6) is 11.5 Å². The lowest BCUT2D eigenvalue weighted by Gasteiger charge is -2.13. The second-order valence-electron chi connectivity index (χ2n) is 5.01. The zero-order chi connectivity index (χ0) is 21.5. The molecule has 0 spiro atoms. The number of unbranched alkanes of at least 4 members (excludes halogenated alkanes) is 1. The summed E-state index contributed by atoms with van der Waals surface area (Å²) in [5, 5.41) is 17.9. The smallest absolute Gasteiger partial charge is 0.138 e. The minimum absolute atomic E-state index is 0.211. The molecule has 0 fully saturated rings. The molecular weight excluding hydrogens is 342 g/mol. The summed E-state index contributed by atoms with van der Waals surface area (Å²) in [4.78, 5) is 17.8. The lowest BCUT2D eigenvalue weighted by atomic mass is 10.3. The number of nitrogens with zero attached hydrogens (tertiary/aromatic N) is 3. The standard InChI is InChI=1S/C9H14N2O.C5H5NO.C4H10.C2H2.CH2O/c1-3-11(2)7-8-9(12)5-4-6-10-8;7-5-2-1-3-6-4-5;1-3-4-2;2*1-2/h4-6,12H,3,7H2,1-2H3;1-4,7H;3-4H2,1-2H3;1-2H;1H2. The fourth-order valence-electron chi connectivity index (χ4n) is 1.27. The van der Waals surface area contributed by atoms with E-state index in [2.05, 4.69) is 48.5 Å². The van der Waals surface area contributed by atoms with Gasteiger partial charge in [0.25, 0.3) is 0 Å². The van der Waals surface area contributed by atoms with Crippen molar-refractivity contribution in [2.24, 2.45) is 0 Å². The maximum Gasteiger partial charge on any atom is 0.138 e. The molecule has 2 aromatic rings. The van der Waals surface area contributed by atoms with Gasteiger partial charge < -0.3 is 19.9 Å². The predicted octanol–water partition coefficient (Wildman–Crippen LogP) is 3.90. The number of rotatable bonds is 4. The first-order chi connectivity index (χ1) is 13.0. The molecule has 2 aromatic heterocycles. The highest BCUT2D eigenvalue weighted by atomic mass is 16.3. The molecule has 0 aliphatic carbocycles. The second kappa shape index (κ2) is 23.1. The Balaban J connectivity index is -0.000000327. The van der Waals surface area contributed by atoms with Crippen LogP contribution in [-0.4, -0.2) is 45.5 Å². The van der Waals surface area contributed by atoms with E-state index < -0.39 is 0 Å². The summed E-state index contributed by atoms with van der Waals surface area (Å²) in [5.74, 6) is 0.486.